The van der Waals surface area contributed by atoms with E-state index < -0.39 is 0 Å². The lowest BCUT2D eigenvalue weighted by Crippen LogP contribution is -2.00. The maximum Gasteiger partial charge on any atom is 0.159 e. The second-order valence-electron chi connectivity index (χ2n) is 17.5. The molecule has 0 bridgehead atoms. The number of hydrogen-bond donors (Lipinski definition) is 0. The third-order valence-corrected chi connectivity index (χ3v) is 13.6. The van der Waals surface area contributed by atoms with Crippen LogP contribution >= 0.6 is 0 Å². The lowest BCUT2D eigenvalue weighted by molar-refractivity contribution is 1.08. The van der Waals surface area contributed by atoms with Crippen LogP contribution in [0.3, 0.4) is 0 Å². The summed E-state index contributed by atoms with van der Waals surface area (Å²) in [5, 5.41) is 6.94. The fraction of sp³-hybridized carbons (Fsp3) is 0. The molecule has 7 nitrogen and oxygen atoms in total. The summed E-state index contributed by atoms with van der Waals surface area (Å²) in [4.78, 5) is 20.0. The summed E-state index contributed by atoms with van der Waals surface area (Å²) in [6.07, 6.45) is 5.72. The maximum absolute atomic E-state index is 5.32. The van der Waals surface area contributed by atoms with E-state index in [0.717, 1.165) is 106 Å². The summed E-state index contributed by atoms with van der Waals surface area (Å²) < 4.78 is 6.97. The smallest absolute Gasteiger partial charge is 0.159 e. The van der Waals surface area contributed by atoms with Crippen molar-refractivity contribution in [3.8, 4) is 62.2 Å². The van der Waals surface area contributed by atoms with Gasteiger partial charge in [0.05, 0.1) is 50.7 Å². The quantitative estimate of drug-likeness (QED) is 0.160. The van der Waals surface area contributed by atoms with Gasteiger partial charge in [-0.2, -0.15) is 0 Å². The number of pyridine rings is 2. The summed E-state index contributed by atoms with van der Waals surface area (Å²) in [5.41, 5.74) is 15.9. The van der Waals surface area contributed by atoms with Gasteiger partial charge >= 0.3 is 0 Å². The van der Waals surface area contributed by atoms with Crippen LogP contribution in [0.15, 0.2) is 237 Å². The first-order chi connectivity index (χ1) is 34.2. The van der Waals surface area contributed by atoms with E-state index in [0.29, 0.717) is 5.82 Å². The normalized spacial score (nSPS) is 11.8. The number of aromatic nitrogens is 7. The Hall–Kier alpha value is -9.46. The topological polar surface area (TPSA) is 66.3 Å². The number of benzene rings is 8. The molecule has 6 heterocycles. The summed E-state index contributed by atoms with van der Waals surface area (Å²) in [5.74, 6) is 1.53. The third kappa shape index (κ3) is 6.29. The first-order valence-electron chi connectivity index (χ1n) is 23.2. The van der Waals surface area contributed by atoms with Gasteiger partial charge < -0.3 is 9.13 Å². The fourth-order valence-corrected chi connectivity index (χ4v) is 10.5. The van der Waals surface area contributed by atoms with Crippen LogP contribution in [0.25, 0.3) is 128 Å². The molecule has 14 rings (SSSR count). The van der Waals surface area contributed by atoms with E-state index in [9.17, 15) is 0 Å². The van der Waals surface area contributed by atoms with Crippen molar-refractivity contribution in [1.29, 1.82) is 0 Å². The predicted molar refractivity (Wildman–Crippen MR) is 282 cm³/mol. The first kappa shape index (κ1) is 38.8. The van der Waals surface area contributed by atoms with E-state index in [1.54, 1.807) is 0 Å². The van der Waals surface area contributed by atoms with Crippen molar-refractivity contribution in [1.82, 2.24) is 33.6 Å². The molecule has 6 aromatic heterocycles. The van der Waals surface area contributed by atoms with Gasteiger partial charge in [0.1, 0.15) is 5.82 Å². The molecule has 8 aromatic carbocycles. The second-order valence-corrected chi connectivity index (χ2v) is 17.5. The van der Waals surface area contributed by atoms with Gasteiger partial charge in [-0.1, -0.05) is 121 Å². The van der Waals surface area contributed by atoms with Crippen LogP contribution in [0.2, 0.25) is 0 Å². The van der Waals surface area contributed by atoms with Gasteiger partial charge in [-0.3, -0.25) is 9.55 Å². The van der Waals surface area contributed by atoms with Crippen molar-refractivity contribution in [3.63, 3.8) is 0 Å². The van der Waals surface area contributed by atoms with Crippen LogP contribution in [0, 0.1) is 0 Å². The van der Waals surface area contributed by atoms with Crippen molar-refractivity contribution < 1.29 is 0 Å². The highest BCUT2D eigenvalue weighted by Crippen LogP contribution is 2.40. The zero-order valence-corrected chi connectivity index (χ0v) is 37.1. The van der Waals surface area contributed by atoms with E-state index in [-0.39, 0.29) is 0 Å². The van der Waals surface area contributed by atoms with Crippen molar-refractivity contribution in [2.75, 3.05) is 0 Å². The van der Waals surface area contributed by atoms with Gasteiger partial charge in [-0.15, -0.1) is 0 Å². The van der Waals surface area contributed by atoms with E-state index in [2.05, 4.69) is 225 Å². The number of hydrogen-bond acceptors (Lipinski definition) is 4. The average Bonchev–Trinajstić information content (AvgIpc) is 4.06. The second kappa shape index (κ2) is 15.6. The molecule has 0 spiro atoms. The highest BCUT2D eigenvalue weighted by molar-refractivity contribution is 6.13. The molecule has 0 fully saturated rings. The van der Waals surface area contributed by atoms with Crippen LogP contribution in [-0.4, -0.2) is 33.6 Å². The number of fused-ring (bicyclic) bond motifs is 9. The minimum Gasteiger partial charge on any atom is -0.309 e. The average molecular weight is 882 g/mol. The molecule has 0 aliphatic carbocycles. The fourth-order valence-electron chi connectivity index (χ4n) is 10.5. The lowest BCUT2D eigenvalue weighted by atomic mass is 10.0. The number of nitrogens with zero attached hydrogens (tertiary/aromatic N) is 7. The number of rotatable bonds is 7. The molecular formula is C62H39N7. The van der Waals surface area contributed by atoms with E-state index >= 15 is 0 Å². The molecule has 0 radical (unpaired) electrons. The minimum atomic E-state index is 0.669. The molecule has 0 aliphatic heterocycles. The summed E-state index contributed by atoms with van der Waals surface area (Å²) in [6, 6.07) is 77.3. The Labute approximate surface area is 396 Å². The molecular weight excluding hydrogens is 843 g/mol. The molecule has 0 amide bonds. The summed E-state index contributed by atoms with van der Waals surface area (Å²) >= 11 is 0. The summed E-state index contributed by atoms with van der Waals surface area (Å²) in [7, 11) is 0. The van der Waals surface area contributed by atoms with Crippen molar-refractivity contribution >= 4 is 65.4 Å². The minimum absolute atomic E-state index is 0.669. The van der Waals surface area contributed by atoms with Crippen LogP contribution in [0.5, 0.6) is 0 Å². The molecule has 7 heteroatoms. The van der Waals surface area contributed by atoms with Crippen molar-refractivity contribution in [3.05, 3.63) is 237 Å². The Morgan fingerprint density at radius 2 is 0.855 bits per heavy atom. The SMILES string of the molecule is c1ccc(-c2cc(-c3ccccc3)nc(-n3c4ccccc4c4cc(-c5nccc(-c6ccc7c(c6)c6ccccc6n7-c6ccc7c(c6)c6ccncc6n7-c6ccccc6)n5)ccc43)c2)cc1. The standard InChI is InChI=1S/C62H39N7/c1-4-14-40(15-5-1)44-36-54(41-16-6-2-7-17-41)65-61(37-44)69-56-23-13-11-21-48(56)51-35-43(25-28-59(51)69)62-64-33-31-53(66-62)42-24-27-57-50(34-42)47-20-10-12-22-55(47)68(57)46-26-29-58-52(38-46)49-30-32-63-39-60(49)67(58)45-18-8-3-9-19-45/h1-39H. The third-order valence-electron chi connectivity index (χ3n) is 13.6. The van der Waals surface area contributed by atoms with Crippen LogP contribution in [-0.2, 0) is 0 Å². The molecule has 0 unspecified atom stereocenters. The predicted octanol–water partition coefficient (Wildman–Crippen LogP) is 15.2. The van der Waals surface area contributed by atoms with Gasteiger partial charge in [0.15, 0.2) is 5.82 Å². The zero-order chi connectivity index (χ0) is 45.4. The Kier molecular flexibility index (Phi) is 8.75. The van der Waals surface area contributed by atoms with Gasteiger partial charge in [0.2, 0.25) is 0 Å². The van der Waals surface area contributed by atoms with Crippen molar-refractivity contribution in [2.24, 2.45) is 0 Å². The van der Waals surface area contributed by atoms with Gasteiger partial charge in [-0.05, 0) is 108 Å². The first-order valence-corrected chi connectivity index (χ1v) is 23.2. The van der Waals surface area contributed by atoms with E-state index in [1.807, 2.05) is 30.7 Å². The van der Waals surface area contributed by atoms with E-state index in [4.69, 9.17) is 15.0 Å². The molecule has 0 saturated carbocycles. The molecule has 0 saturated heterocycles. The highest BCUT2D eigenvalue weighted by atomic mass is 15.1. The van der Waals surface area contributed by atoms with Gasteiger partial charge in [-0.25, -0.2) is 15.0 Å². The van der Waals surface area contributed by atoms with E-state index in [1.165, 1.54) is 16.2 Å². The molecule has 322 valence electrons. The largest absolute Gasteiger partial charge is 0.309 e. The van der Waals surface area contributed by atoms with Gasteiger partial charge in [0.25, 0.3) is 0 Å². The lowest BCUT2D eigenvalue weighted by Gasteiger charge is -2.13. The van der Waals surface area contributed by atoms with Crippen LogP contribution in [0.1, 0.15) is 0 Å². The molecule has 14 aromatic rings. The van der Waals surface area contributed by atoms with Crippen LogP contribution < -0.4 is 0 Å². The monoisotopic (exact) mass is 881 g/mol. The Bertz CT molecular complexity index is 4240. The molecule has 0 atom stereocenters. The van der Waals surface area contributed by atoms with Gasteiger partial charge in [0, 0.05) is 72.8 Å². The Morgan fingerprint density at radius 1 is 0.290 bits per heavy atom. The Balaban J connectivity index is 0.871. The molecule has 0 aliphatic rings. The highest BCUT2D eigenvalue weighted by Gasteiger charge is 2.20. The molecule has 0 N–H and O–H groups in total. The van der Waals surface area contributed by atoms with Crippen LogP contribution in [0.4, 0.5) is 0 Å². The Morgan fingerprint density at radius 3 is 1.61 bits per heavy atom. The summed E-state index contributed by atoms with van der Waals surface area (Å²) in [6.45, 7) is 0. The number of para-hydroxylation sites is 3. The van der Waals surface area contributed by atoms with Crippen molar-refractivity contribution in [2.45, 2.75) is 0 Å². The maximum atomic E-state index is 5.32. The molecule has 69 heavy (non-hydrogen) atoms. The zero-order valence-electron chi connectivity index (χ0n) is 37.1.